The van der Waals surface area contributed by atoms with Crippen LogP contribution in [-0.2, 0) is 0 Å². The first kappa shape index (κ1) is 10.8. The van der Waals surface area contributed by atoms with Crippen molar-refractivity contribution >= 4 is 0 Å². The maximum Gasteiger partial charge on any atom is 0.0490 e. The summed E-state index contributed by atoms with van der Waals surface area (Å²) in [6.07, 6.45) is 7.69. The van der Waals surface area contributed by atoms with Gasteiger partial charge in [-0.2, -0.15) is 0 Å². The van der Waals surface area contributed by atoms with E-state index in [-0.39, 0.29) is 5.41 Å². The zero-order valence-corrected chi connectivity index (χ0v) is 10.7. The standard InChI is InChI=1S/C15H24O/c1-11-9-15-8-5-12(11)14(15,3)7-4-6-13(15,2)10-16/h12,16H,1,4-10H2,2-3H3/t12-,13+,14-,15-/m1/s1. The Kier molecular flexibility index (Phi) is 1.98. The van der Waals surface area contributed by atoms with E-state index in [0.29, 0.717) is 17.4 Å². The molecule has 3 rings (SSSR count). The van der Waals surface area contributed by atoms with Crippen LogP contribution in [0.25, 0.3) is 0 Å². The van der Waals surface area contributed by atoms with Gasteiger partial charge in [0.05, 0.1) is 0 Å². The van der Waals surface area contributed by atoms with Gasteiger partial charge in [-0.3, -0.25) is 0 Å². The molecular weight excluding hydrogens is 196 g/mol. The first-order chi connectivity index (χ1) is 7.49. The summed E-state index contributed by atoms with van der Waals surface area (Å²) in [4.78, 5) is 0. The molecule has 16 heavy (non-hydrogen) atoms. The predicted octanol–water partition coefficient (Wildman–Crippen LogP) is 3.53. The van der Waals surface area contributed by atoms with E-state index in [4.69, 9.17) is 0 Å². The van der Waals surface area contributed by atoms with Gasteiger partial charge in [0.1, 0.15) is 0 Å². The molecule has 3 aliphatic carbocycles. The summed E-state index contributed by atoms with van der Waals surface area (Å²) in [6.45, 7) is 9.49. The minimum atomic E-state index is 0.147. The van der Waals surface area contributed by atoms with Crippen LogP contribution in [-0.4, -0.2) is 11.7 Å². The summed E-state index contributed by atoms with van der Waals surface area (Å²) in [5.41, 5.74) is 2.44. The molecule has 1 N–H and O–H groups in total. The predicted molar refractivity (Wildman–Crippen MR) is 66.1 cm³/mol. The molecule has 0 unspecified atom stereocenters. The third-order valence-corrected chi connectivity index (χ3v) is 6.67. The second-order valence-corrected chi connectivity index (χ2v) is 7.00. The topological polar surface area (TPSA) is 20.2 Å². The summed E-state index contributed by atoms with van der Waals surface area (Å²) in [5.74, 6) is 0.749. The molecule has 90 valence electrons. The van der Waals surface area contributed by atoms with Gasteiger partial charge in [-0.05, 0) is 54.3 Å². The average molecular weight is 220 g/mol. The average Bonchev–Trinajstić information content (AvgIpc) is 2.66. The summed E-state index contributed by atoms with van der Waals surface area (Å²) in [7, 11) is 0. The van der Waals surface area contributed by atoms with E-state index in [9.17, 15) is 5.11 Å². The lowest BCUT2D eigenvalue weighted by Crippen LogP contribution is -2.51. The molecule has 1 heteroatoms. The summed E-state index contributed by atoms with van der Waals surface area (Å²) in [5, 5.41) is 9.88. The zero-order chi connectivity index (χ0) is 11.6. The van der Waals surface area contributed by atoms with Gasteiger partial charge in [-0.25, -0.2) is 0 Å². The highest BCUT2D eigenvalue weighted by atomic mass is 16.3. The second kappa shape index (κ2) is 2.93. The third kappa shape index (κ3) is 0.895. The van der Waals surface area contributed by atoms with Crippen LogP contribution in [0.15, 0.2) is 12.2 Å². The van der Waals surface area contributed by atoms with Crippen LogP contribution in [0.5, 0.6) is 0 Å². The number of aliphatic hydroxyl groups is 1. The van der Waals surface area contributed by atoms with Crippen molar-refractivity contribution in [3.05, 3.63) is 12.2 Å². The Morgan fingerprint density at radius 3 is 2.69 bits per heavy atom. The summed E-state index contributed by atoms with van der Waals surface area (Å²) >= 11 is 0. The normalized spacial score (nSPS) is 55.4. The van der Waals surface area contributed by atoms with Crippen molar-refractivity contribution < 1.29 is 5.11 Å². The lowest BCUT2D eigenvalue weighted by Gasteiger charge is -2.56. The largest absolute Gasteiger partial charge is 0.396 e. The second-order valence-electron chi connectivity index (χ2n) is 7.00. The van der Waals surface area contributed by atoms with Crippen molar-refractivity contribution in [2.45, 2.75) is 52.4 Å². The van der Waals surface area contributed by atoms with Crippen molar-refractivity contribution in [1.29, 1.82) is 0 Å². The molecule has 0 aromatic rings. The van der Waals surface area contributed by atoms with Crippen LogP contribution in [0.1, 0.15) is 52.4 Å². The molecule has 2 bridgehead atoms. The van der Waals surface area contributed by atoms with Crippen LogP contribution >= 0.6 is 0 Å². The summed E-state index contributed by atoms with van der Waals surface area (Å²) < 4.78 is 0. The fraction of sp³-hybridized carbons (Fsp3) is 0.867. The van der Waals surface area contributed by atoms with E-state index >= 15 is 0 Å². The third-order valence-electron chi connectivity index (χ3n) is 6.67. The molecular formula is C15H24O. The van der Waals surface area contributed by atoms with E-state index in [2.05, 4.69) is 20.4 Å². The van der Waals surface area contributed by atoms with Gasteiger partial charge < -0.3 is 5.11 Å². The number of hydrogen-bond donors (Lipinski definition) is 1. The highest BCUT2D eigenvalue weighted by Gasteiger charge is 2.69. The zero-order valence-electron chi connectivity index (χ0n) is 10.7. The van der Waals surface area contributed by atoms with Crippen molar-refractivity contribution in [3.8, 4) is 0 Å². The van der Waals surface area contributed by atoms with Gasteiger partial charge in [-0.1, -0.05) is 32.4 Å². The fourth-order valence-electron chi connectivity index (χ4n) is 5.72. The Bertz CT molecular complexity index is 347. The molecule has 0 spiro atoms. The van der Waals surface area contributed by atoms with Gasteiger partial charge >= 0.3 is 0 Å². The molecule has 0 aliphatic heterocycles. The first-order valence-electron chi connectivity index (χ1n) is 6.78. The Morgan fingerprint density at radius 1 is 1.31 bits per heavy atom. The molecule has 0 saturated heterocycles. The first-order valence-corrected chi connectivity index (χ1v) is 6.78. The maximum atomic E-state index is 9.88. The monoisotopic (exact) mass is 220 g/mol. The van der Waals surface area contributed by atoms with Crippen LogP contribution in [0, 0.1) is 22.2 Å². The van der Waals surface area contributed by atoms with Gasteiger partial charge in [0, 0.05) is 6.61 Å². The quantitative estimate of drug-likeness (QED) is 0.670. The number of allylic oxidation sites excluding steroid dienone is 1. The van der Waals surface area contributed by atoms with E-state index in [0.717, 1.165) is 5.92 Å². The minimum Gasteiger partial charge on any atom is -0.396 e. The lowest BCUT2D eigenvalue weighted by atomic mass is 9.48. The van der Waals surface area contributed by atoms with E-state index < -0.39 is 0 Å². The highest BCUT2D eigenvalue weighted by Crippen LogP contribution is 2.77. The molecule has 3 aliphatic rings. The number of aliphatic hydroxyl groups excluding tert-OH is 1. The van der Waals surface area contributed by atoms with Gasteiger partial charge in [0.25, 0.3) is 0 Å². The number of rotatable bonds is 1. The van der Waals surface area contributed by atoms with Gasteiger partial charge in [0.2, 0.25) is 0 Å². The molecule has 0 heterocycles. The van der Waals surface area contributed by atoms with Gasteiger partial charge in [0.15, 0.2) is 0 Å². The molecule has 3 saturated carbocycles. The van der Waals surface area contributed by atoms with E-state index in [1.165, 1.54) is 44.1 Å². The van der Waals surface area contributed by atoms with Crippen molar-refractivity contribution in [3.63, 3.8) is 0 Å². The fourth-order valence-corrected chi connectivity index (χ4v) is 5.72. The minimum absolute atomic E-state index is 0.147. The van der Waals surface area contributed by atoms with E-state index in [1.807, 2.05) is 0 Å². The molecule has 1 nitrogen and oxygen atoms in total. The molecule has 0 radical (unpaired) electrons. The van der Waals surface area contributed by atoms with Crippen LogP contribution in [0.3, 0.4) is 0 Å². The van der Waals surface area contributed by atoms with Crippen LogP contribution in [0.4, 0.5) is 0 Å². The van der Waals surface area contributed by atoms with E-state index in [1.54, 1.807) is 0 Å². The van der Waals surface area contributed by atoms with Crippen molar-refractivity contribution in [2.75, 3.05) is 6.61 Å². The molecule has 4 atom stereocenters. The molecule has 0 amide bonds. The Labute approximate surface area is 98.9 Å². The Hall–Kier alpha value is -0.300. The van der Waals surface area contributed by atoms with Gasteiger partial charge in [-0.15, -0.1) is 0 Å². The Morgan fingerprint density at radius 2 is 2.06 bits per heavy atom. The number of hydrogen-bond acceptors (Lipinski definition) is 1. The van der Waals surface area contributed by atoms with Crippen LogP contribution < -0.4 is 0 Å². The highest BCUT2D eigenvalue weighted by molar-refractivity contribution is 5.30. The Balaban J connectivity index is 2.14. The molecule has 0 aromatic carbocycles. The smallest absolute Gasteiger partial charge is 0.0490 e. The van der Waals surface area contributed by atoms with Crippen LogP contribution in [0.2, 0.25) is 0 Å². The SMILES string of the molecule is C=C1C[C@@]23CC[C@H]1[C@@]2(C)CCC[C@@]3(C)CO. The lowest BCUT2D eigenvalue weighted by molar-refractivity contribution is -0.105. The van der Waals surface area contributed by atoms with Crippen molar-refractivity contribution in [1.82, 2.24) is 0 Å². The summed E-state index contributed by atoms with van der Waals surface area (Å²) in [6, 6.07) is 0. The maximum absolute atomic E-state index is 9.88. The molecule has 0 aromatic heterocycles. The molecule has 3 fully saturated rings. The van der Waals surface area contributed by atoms with Crippen molar-refractivity contribution in [2.24, 2.45) is 22.2 Å².